The van der Waals surface area contributed by atoms with Crippen molar-refractivity contribution >= 4 is 0 Å². The van der Waals surface area contributed by atoms with Crippen LogP contribution in [0.3, 0.4) is 0 Å². The molecule has 21 heavy (non-hydrogen) atoms. The lowest BCUT2D eigenvalue weighted by atomic mass is 10.1. The number of methoxy groups -OCH3 is 1. The molecule has 0 amide bonds. The molecule has 1 atom stereocenters. The molecule has 0 saturated carbocycles. The van der Waals surface area contributed by atoms with Gasteiger partial charge in [-0.1, -0.05) is 36.4 Å². The van der Waals surface area contributed by atoms with E-state index >= 15 is 0 Å². The highest BCUT2D eigenvalue weighted by Gasteiger charge is 2.09. The van der Waals surface area contributed by atoms with Crippen molar-refractivity contribution in [3.63, 3.8) is 0 Å². The fourth-order valence-electron chi connectivity index (χ4n) is 2.23. The maximum absolute atomic E-state index is 5.67. The normalized spacial score (nSPS) is 11.9. The van der Waals surface area contributed by atoms with E-state index in [1.165, 1.54) is 5.56 Å². The van der Waals surface area contributed by atoms with Crippen LogP contribution in [0.1, 0.15) is 24.9 Å². The SMILES string of the molecule is COc1ccccc1[C@@H](C)NCCCOc1ccccc1. The van der Waals surface area contributed by atoms with Crippen molar-refractivity contribution in [2.45, 2.75) is 19.4 Å². The molecule has 112 valence electrons. The maximum atomic E-state index is 5.67. The first-order chi connectivity index (χ1) is 10.3. The predicted octanol–water partition coefficient (Wildman–Crippen LogP) is 3.81. The topological polar surface area (TPSA) is 30.5 Å². The molecule has 2 aromatic carbocycles. The van der Waals surface area contributed by atoms with Gasteiger partial charge in [0.1, 0.15) is 11.5 Å². The Bertz CT molecular complexity index is 528. The molecule has 1 N–H and O–H groups in total. The zero-order valence-electron chi connectivity index (χ0n) is 12.7. The van der Waals surface area contributed by atoms with Crippen molar-refractivity contribution in [1.82, 2.24) is 5.32 Å². The summed E-state index contributed by atoms with van der Waals surface area (Å²) in [4.78, 5) is 0. The second-order valence-electron chi connectivity index (χ2n) is 4.93. The molecule has 0 aliphatic carbocycles. The van der Waals surface area contributed by atoms with Gasteiger partial charge in [0, 0.05) is 11.6 Å². The fourth-order valence-corrected chi connectivity index (χ4v) is 2.23. The van der Waals surface area contributed by atoms with Gasteiger partial charge in [-0.05, 0) is 38.1 Å². The van der Waals surface area contributed by atoms with Gasteiger partial charge in [0.25, 0.3) is 0 Å². The first-order valence-corrected chi connectivity index (χ1v) is 7.35. The Morgan fingerprint density at radius 1 is 1.00 bits per heavy atom. The smallest absolute Gasteiger partial charge is 0.123 e. The van der Waals surface area contributed by atoms with Gasteiger partial charge in [0.2, 0.25) is 0 Å². The molecule has 3 heteroatoms. The lowest BCUT2D eigenvalue weighted by Gasteiger charge is -2.17. The Morgan fingerprint density at radius 3 is 2.48 bits per heavy atom. The maximum Gasteiger partial charge on any atom is 0.123 e. The van der Waals surface area contributed by atoms with Crippen molar-refractivity contribution in [2.75, 3.05) is 20.3 Å². The van der Waals surface area contributed by atoms with E-state index in [-0.39, 0.29) is 6.04 Å². The average molecular weight is 285 g/mol. The average Bonchev–Trinajstić information content (AvgIpc) is 2.55. The van der Waals surface area contributed by atoms with Crippen LogP contribution >= 0.6 is 0 Å². The summed E-state index contributed by atoms with van der Waals surface area (Å²) in [7, 11) is 1.71. The number of benzene rings is 2. The molecule has 0 radical (unpaired) electrons. The molecule has 0 aromatic heterocycles. The van der Waals surface area contributed by atoms with Crippen molar-refractivity contribution < 1.29 is 9.47 Å². The van der Waals surface area contributed by atoms with Crippen molar-refractivity contribution in [1.29, 1.82) is 0 Å². The van der Waals surface area contributed by atoms with Crippen LogP contribution in [0.2, 0.25) is 0 Å². The lowest BCUT2D eigenvalue weighted by molar-refractivity contribution is 0.305. The van der Waals surface area contributed by atoms with E-state index in [2.05, 4.69) is 18.3 Å². The summed E-state index contributed by atoms with van der Waals surface area (Å²) in [6, 6.07) is 18.3. The van der Waals surface area contributed by atoms with Gasteiger partial charge in [0.05, 0.1) is 13.7 Å². The zero-order chi connectivity index (χ0) is 14.9. The molecule has 0 bridgehead atoms. The molecule has 0 aliphatic rings. The van der Waals surface area contributed by atoms with Crippen molar-refractivity contribution in [3.8, 4) is 11.5 Å². The Morgan fingerprint density at radius 2 is 1.71 bits per heavy atom. The summed E-state index contributed by atoms with van der Waals surface area (Å²) in [5.74, 6) is 1.85. The molecule has 0 saturated heterocycles. The van der Waals surface area contributed by atoms with Crippen LogP contribution in [0.15, 0.2) is 54.6 Å². The van der Waals surface area contributed by atoms with Crippen LogP contribution in [0, 0.1) is 0 Å². The van der Waals surface area contributed by atoms with Gasteiger partial charge in [-0.3, -0.25) is 0 Å². The van der Waals surface area contributed by atoms with Gasteiger partial charge in [0.15, 0.2) is 0 Å². The van der Waals surface area contributed by atoms with Crippen LogP contribution in [0.25, 0.3) is 0 Å². The Kier molecular flexibility index (Phi) is 6.10. The lowest BCUT2D eigenvalue weighted by Crippen LogP contribution is -2.21. The van der Waals surface area contributed by atoms with Gasteiger partial charge in [-0.2, -0.15) is 0 Å². The van der Waals surface area contributed by atoms with E-state index in [0.717, 1.165) is 31.1 Å². The number of nitrogens with one attached hydrogen (secondary N) is 1. The van der Waals surface area contributed by atoms with Gasteiger partial charge >= 0.3 is 0 Å². The minimum Gasteiger partial charge on any atom is -0.496 e. The summed E-state index contributed by atoms with van der Waals surface area (Å²) >= 11 is 0. The zero-order valence-corrected chi connectivity index (χ0v) is 12.7. The standard InChI is InChI=1S/C18H23NO2/c1-15(17-11-6-7-12-18(17)20-2)19-13-8-14-21-16-9-4-3-5-10-16/h3-7,9-12,15,19H,8,13-14H2,1-2H3/t15-/m1/s1. The third-order valence-corrected chi connectivity index (χ3v) is 3.39. The Balaban J connectivity index is 1.71. The summed E-state index contributed by atoms with van der Waals surface area (Å²) in [6.07, 6.45) is 0.967. The number of ether oxygens (including phenoxy) is 2. The third-order valence-electron chi connectivity index (χ3n) is 3.39. The molecular weight excluding hydrogens is 262 g/mol. The highest BCUT2D eigenvalue weighted by atomic mass is 16.5. The molecule has 3 nitrogen and oxygen atoms in total. The minimum atomic E-state index is 0.262. The quantitative estimate of drug-likeness (QED) is 0.748. The number of para-hydroxylation sites is 2. The van der Waals surface area contributed by atoms with Crippen LogP contribution in [-0.2, 0) is 0 Å². The van der Waals surface area contributed by atoms with E-state index in [1.54, 1.807) is 7.11 Å². The largest absolute Gasteiger partial charge is 0.496 e. The van der Waals surface area contributed by atoms with Gasteiger partial charge in [-0.25, -0.2) is 0 Å². The highest BCUT2D eigenvalue weighted by molar-refractivity contribution is 5.35. The van der Waals surface area contributed by atoms with E-state index in [0.29, 0.717) is 0 Å². The first-order valence-electron chi connectivity index (χ1n) is 7.35. The van der Waals surface area contributed by atoms with Crippen molar-refractivity contribution in [2.24, 2.45) is 0 Å². The monoisotopic (exact) mass is 285 g/mol. The molecular formula is C18H23NO2. The highest BCUT2D eigenvalue weighted by Crippen LogP contribution is 2.24. The number of hydrogen-bond donors (Lipinski definition) is 1. The van der Waals surface area contributed by atoms with Crippen molar-refractivity contribution in [3.05, 3.63) is 60.2 Å². The molecule has 0 aliphatic heterocycles. The summed E-state index contributed by atoms with van der Waals surface area (Å²) < 4.78 is 11.1. The molecule has 0 heterocycles. The van der Waals surface area contributed by atoms with E-state index in [4.69, 9.17) is 9.47 Å². The third kappa shape index (κ3) is 4.80. The van der Waals surface area contributed by atoms with E-state index in [1.807, 2.05) is 48.5 Å². The number of rotatable bonds is 8. The molecule has 2 rings (SSSR count). The molecule has 2 aromatic rings. The predicted molar refractivity (Wildman–Crippen MR) is 86.0 cm³/mol. The van der Waals surface area contributed by atoms with Crippen LogP contribution in [0.5, 0.6) is 11.5 Å². The fraction of sp³-hybridized carbons (Fsp3) is 0.333. The molecule has 0 unspecified atom stereocenters. The second kappa shape index (κ2) is 8.32. The van der Waals surface area contributed by atoms with E-state index < -0.39 is 0 Å². The van der Waals surface area contributed by atoms with Gasteiger partial charge < -0.3 is 14.8 Å². The first kappa shape index (κ1) is 15.4. The van der Waals surface area contributed by atoms with Crippen LogP contribution < -0.4 is 14.8 Å². The Hall–Kier alpha value is -2.00. The van der Waals surface area contributed by atoms with Gasteiger partial charge in [-0.15, -0.1) is 0 Å². The molecule has 0 spiro atoms. The molecule has 0 fully saturated rings. The summed E-state index contributed by atoms with van der Waals surface area (Å²) in [5.41, 5.74) is 1.18. The van der Waals surface area contributed by atoms with Crippen LogP contribution in [0.4, 0.5) is 0 Å². The second-order valence-corrected chi connectivity index (χ2v) is 4.93. The number of hydrogen-bond acceptors (Lipinski definition) is 3. The Labute approximate surface area is 126 Å². The minimum absolute atomic E-state index is 0.262. The van der Waals surface area contributed by atoms with Crippen LogP contribution in [-0.4, -0.2) is 20.3 Å². The summed E-state index contributed by atoms with van der Waals surface area (Å²) in [5, 5.41) is 3.50. The summed E-state index contributed by atoms with van der Waals surface area (Å²) in [6.45, 7) is 3.78. The van der Waals surface area contributed by atoms with E-state index in [9.17, 15) is 0 Å².